The highest BCUT2D eigenvalue weighted by Gasteiger charge is 2.23. The quantitative estimate of drug-likeness (QED) is 0.855. The van der Waals surface area contributed by atoms with Crippen LogP contribution >= 0.6 is 0 Å². The van der Waals surface area contributed by atoms with Crippen molar-refractivity contribution in [3.8, 4) is 0 Å². The van der Waals surface area contributed by atoms with Gasteiger partial charge in [-0.2, -0.15) is 0 Å². The van der Waals surface area contributed by atoms with Crippen molar-refractivity contribution in [2.24, 2.45) is 0 Å². The lowest BCUT2D eigenvalue weighted by Crippen LogP contribution is -2.13. The summed E-state index contributed by atoms with van der Waals surface area (Å²) in [6, 6.07) is 6.54. The largest absolute Gasteiger partial charge is 0.388 e. The van der Waals surface area contributed by atoms with E-state index in [0.29, 0.717) is 11.8 Å². The summed E-state index contributed by atoms with van der Waals surface area (Å²) in [6.45, 7) is 9.66. The first-order valence-corrected chi connectivity index (χ1v) is 7.92. The number of hydrogen-bond acceptors (Lipinski definition) is 2. The molecular formula is C18H28O2. The number of ether oxygens (including phenoxy) is 1. The molecule has 0 spiro atoms. The molecule has 0 aromatic heterocycles. The van der Waals surface area contributed by atoms with E-state index in [0.717, 1.165) is 31.4 Å². The average molecular weight is 276 g/mol. The Bertz CT molecular complexity index is 431. The number of hydrogen-bond donors (Lipinski definition) is 1. The molecule has 1 heterocycles. The van der Waals surface area contributed by atoms with Crippen molar-refractivity contribution in [3.63, 3.8) is 0 Å². The molecule has 112 valence electrons. The summed E-state index contributed by atoms with van der Waals surface area (Å²) in [5.41, 5.74) is 3.71. The molecule has 1 aliphatic rings. The highest BCUT2D eigenvalue weighted by molar-refractivity contribution is 5.37. The molecular weight excluding hydrogens is 248 g/mol. The van der Waals surface area contributed by atoms with Crippen molar-refractivity contribution in [2.75, 3.05) is 6.61 Å². The lowest BCUT2D eigenvalue weighted by molar-refractivity contribution is 0.0531. The van der Waals surface area contributed by atoms with Gasteiger partial charge in [0.25, 0.3) is 0 Å². The third-order valence-corrected chi connectivity index (χ3v) is 4.27. The Morgan fingerprint density at radius 2 is 1.90 bits per heavy atom. The molecule has 20 heavy (non-hydrogen) atoms. The van der Waals surface area contributed by atoms with E-state index in [-0.39, 0.29) is 6.10 Å². The van der Waals surface area contributed by atoms with E-state index in [1.807, 2.05) is 0 Å². The molecule has 1 aromatic carbocycles. The van der Waals surface area contributed by atoms with Gasteiger partial charge in [0.05, 0.1) is 12.2 Å². The van der Waals surface area contributed by atoms with Gasteiger partial charge in [-0.1, -0.05) is 45.9 Å². The molecule has 2 nitrogen and oxygen atoms in total. The molecule has 2 rings (SSSR count). The van der Waals surface area contributed by atoms with E-state index in [4.69, 9.17) is 4.74 Å². The van der Waals surface area contributed by atoms with Gasteiger partial charge < -0.3 is 9.84 Å². The van der Waals surface area contributed by atoms with Crippen LogP contribution < -0.4 is 0 Å². The molecule has 1 N–H and O–H groups in total. The van der Waals surface area contributed by atoms with Crippen molar-refractivity contribution in [1.82, 2.24) is 0 Å². The lowest BCUT2D eigenvalue weighted by atomic mass is 9.88. The zero-order valence-corrected chi connectivity index (χ0v) is 13.2. The second-order valence-corrected chi connectivity index (χ2v) is 6.58. The van der Waals surface area contributed by atoms with Crippen LogP contribution in [0.1, 0.15) is 81.6 Å². The van der Waals surface area contributed by atoms with Gasteiger partial charge in [0.15, 0.2) is 0 Å². The van der Waals surface area contributed by atoms with Gasteiger partial charge in [0.1, 0.15) is 0 Å². The van der Waals surface area contributed by atoms with E-state index in [1.54, 1.807) is 0 Å². The van der Waals surface area contributed by atoms with Crippen LogP contribution in [-0.4, -0.2) is 17.8 Å². The predicted molar refractivity (Wildman–Crippen MR) is 83.2 cm³/mol. The number of aliphatic hydroxyl groups is 1. The predicted octanol–water partition coefficient (Wildman–Crippen LogP) is 4.54. The summed E-state index contributed by atoms with van der Waals surface area (Å²) in [5.74, 6) is 0.958. The molecule has 1 fully saturated rings. The van der Waals surface area contributed by atoms with Gasteiger partial charge in [-0.15, -0.1) is 0 Å². The monoisotopic (exact) mass is 276 g/mol. The summed E-state index contributed by atoms with van der Waals surface area (Å²) in [5, 5.41) is 10.6. The molecule has 0 radical (unpaired) electrons. The number of aliphatic hydroxyl groups excluding tert-OH is 1. The maximum atomic E-state index is 10.6. The van der Waals surface area contributed by atoms with Crippen molar-refractivity contribution < 1.29 is 9.84 Å². The summed E-state index contributed by atoms with van der Waals surface area (Å²) in [4.78, 5) is 0. The molecule has 2 unspecified atom stereocenters. The zero-order valence-electron chi connectivity index (χ0n) is 13.2. The smallest absolute Gasteiger partial charge is 0.0817 e. The molecule has 0 aliphatic carbocycles. The second kappa shape index (κ2) is 6.73. The molecule has 2 heteroatoms. The second-order valence-electron chi connectivity index (χ2n) is 6.58. The van der Waals surface area contributed by atoms with E-state index >= 15 is 0 Å². The van der Waals surface area contributed by atoms with Crippen LogP contribution in [0, 0.1) is 0 Å². The Morgan fingerprint density at radius 3 is 2.45 bits per heavy atom. The van der Waals surface area contributed by atoms with Crippen LogP contribution in [0.15, 0.2) is 18.2 Å². The van der Waals surface area contributed by atoms with Crippen molar-refractivity contribution in [2.45, 2.75) is 71.0 Å². The van der Waals surface area contributed by atoms with Crippen molar-refractivity contribution in [3.05, 3.63) is 34.9 Å². The molecule has 0 bridgehead atoms. The maximum absolute atomic E-state index is 10.6. The fourth-order valence-corrected chi connectivity index (χ4v) is 2.96. The van der Waals surface area contributed by atoms with E-state index in [1.165, 1.54) is 11.1 Å². The minimum atomic E-state index is -0.406. The highest BCUT2D eigenvalue weighted by Crippen LogP contribution is 2.32. The normalized spacial score (nSPS) is 20.9. The fraction of sp³-hybridized carbons (Fsp3) is 0.667. The first kappa shape index (κ1) is 15.5. The lowest BCUT2D eigenvalue weighted by Gasteiger charge is -2.22. The number of rotatable bonds is 5. The third-order valence-electron chi connectivity index (χ3n) is 4.27. The van der Waals surface area contributed by atoms with E-state index < -0.39 is 6.10 Å². The van der Waals surface area contributed by atoms with Gasteiger partial charge in [-0.05, 0) is 41.4 Å². The van der Waals surface area contributed by atoms with Crippen LogP contribution in [0.2, 0.25) is 0 Å². The summed E-state index contributed by atoms with van der Waals surface area (Å²) in [7, 11) is 0. The fourth-order valence-electron chi connectivity index (χ4n) is 2.96. The molecule has 0 saturated carbocycles. The Kier molecular flexibility index (Phi) is 5.22. The SMILES string of the molecule is CC(C)c1ccc(C(O)CC2CCCO2)c(C(C)C)c1. The Balaban J connectivity index is 2.20. The molecule has 1 saturated heterocycles. The summed E-state index contributed by atoms with van der Waals surface area (Å²) in [6.07, 6.45) is 2.76. The van der Waals surface area contributed by atoms with Gasteiger partial charge in [0.2, 0.25) is 0 Å². The maximum Gasteiger partial charge on any atom is 0.0817 e. The molecule has 2 atom stereocenters. The standard InChI is InChI=1S/C18H28O2/c1-12(2)14-7-8-16(17(10-14)13(3)4)18(19)11-15-6-5-9-20-15/h7-8,10,12-13,15,18-19H,5-6,9,11H2,1-4H3. The number of benzene rings is 1. The topological polar surface area (TPSA) is 29.5 Å². The third kappa shape index (κ3) is 3.62. The van der Waals surface area contributed by atoms with Gasteiger partial charge >= 0.3 is 0 Å². The van der Waals surface area contributed by atoms with Crippen LogP contribution in [0.5, 0.6) is 0 Å². The summed E-state index contributed by atoms with van der Waals surface area (Å²) >= 11 is 0. The minimum Gasteiger partial charge on any atom is -0.388 e. The molecule has 0 amide bonds. The highest BCUT2D eigenvalue weighted by atomic mass is 16.5. The Labute approximate surface area is 123 Å². The zero-order chi connectivity index (χ0) is 14.7. The molecule has 1 aliphatic heterocycles. The first-order chi connectivity index (χ1) is 9.49. The van der Waals surface area contributed by atoms with Gasteiger partial charge in [-0.3, -0.25) is 0 Å². The van der Waals surface area contributed by atoms with E-state index in [2.05, 4.69) is 45.9 Å². The van der Waals surface area contributed by atoms with Crippen LogP contribution in [0.25, 0.3) is 0 Å². The van der Waals surface area contributed by atoms with Crippen LogP contribution in [0.4, 0.5) is 0 Å². The summed E-state index contributed by atoms with van der Waals surface area (Å²) < 4.78 is 5.65. The van der Waals surface area contributed by atoms with E-state index in [9.17, 15) is 5.11 Å². The molecule has 1 aromatic rings. The van der Waals surface area contributed by atoms with Crippen LogP contribution in [-0.2, 0) is 4.74 Å². The Hall–Kier alpha value is -0.860. The average Bonchev–Trinajstić information content (AvgIpc) is 2.90. The van der Waals surface area contributed by atoms with Crippen molar-refractivity contribution in [1.29, 1.82) is 0 Å². The van der Waals surface area contributed by atoms with Crippen molar-refractivity contribution >= 4 is 0 Å². The van der Waals surface area contributed by atoms with Gasteiger partial charge in [0, 0.05) is 13.0 Å². The minimum absolute atomic E-state index is 0.231. The van der Waals surface area contributed by atoms with Crippen LogP contribution in [0.3, 0.4) is 0 Å². The Morgan fingerprint density at radius 1 is 1.15 bits per heavy atom. The first-order valence-electron chi connectivity index (χ1n) is 7.92. The van der Waals surface area contributed by atoms with Gasteiger partial charge in [-0.25, -0.2) is 0 Å².